The smallest absolute Gasteiger partial charge is 0.345 e. The van der Waals surface area contributed by atoms with Crippen LogP contribution in [0.15, 0.2) is 6.07 Å². The number of hydrogen-bond donors (Lipinski definition) is 2. The summed E-state index contributed by atoms with van der Waals surface area (Å²) in [5.41, 5.74) is 1.10. The summed E-state index contributed by atoms with van der Waals surface area (Å²) in [7, 11) is 0. The quantitative estimate of drug-likeness (QED) is 0.805. The number of aryl methyl sites for hydroxylation is 1. The molecule has 0 aromatic carbocycles. The van der Waals surface area contributed by atoms with Crippen molar-refractivity contribution in [2.24, 2.45) is 0 Å². The van der Waals surface area contributed by atoms with Gasteiger partial charge in [0.15, 0.2) is 0 Å². The molecule has 1 aromatic heterocycles. The summed E-state index contributed by atoms with van der Waals surface area (Å²) in [5, 5.41) is 12.3. The first-order valence-corrected chi connectivity index (χ1v) is 6.42. The molecule has 0 fully saturated rings. The van der Waals surface area contributed by atoms with Crippen LogP contribution >= 0.6 is 11.3 Å². The van der Waals surface area contributed by atoms with Gasteiger partial charge in [-0.2, -0.15) is 0 Å². The van der Waals surface area contributed by atoms with Gasteiger partial charge in [-0.1, -0.05) is 13.3 Å². The Morgan fingerprint density at radius 1 is 1.62 bits per heavy atom. The molecule has 90 valence electrons. The highest BCUT2D eigenvalue weighted by molar-refractivity contribution is 7.14. The summed E-state index contributed by atoms with van der Waals surface area (Å²) in [4.78, 5) is 12.3. The van der Waals surface area contributed by atoms with E-state index in [9.17, 15) is 4.79 Å². The van der Waals surface area contributed by atoms with Crippen molar-refractivity contribution in [2.45, 2.75) is 46.2 Å². The van der Waals surface area contributed by atoms with E-state index in [4.69, 9.17) is 5.11 Å². The Morgan fingerprint density at radius 2 is 2.31 bits per heavy atom. The second-order valence-corrected chi connectivity index (χ2v) is 5.32. The predicted octanol–water partition coefficient (Wildman–Crippen LogP) is 3.03. The van der Waals surface area contributed by atoms with E-state index < -0.39 is 5.97 Å². The van der Waals surface area contributed by atoms with Gasteiger partial charge in [-0.25, -0.2) is 4.79 Å². The third kappa shape index (κ3) is 3.61. The van der Waals surface area contributed by atoms with Crippen molar-refractivity contribution in [3.63, 3.8) is 0 Å². The highest BCUT2D eigenvalue weighted by Crippen LogP contribution is 2.21. The maximum Gasteiger partial charge on any atom is 0.345 e. The van der Waals surface area contributed by atoms with Crippen LogP contribution in [-0.4, -0.2) is 17.1 Å². The normalized spacial score (nSPS) is 12.7. The van der Waals surface area contributed by atoms with E-state index in [1.54, 1.807) is 6.07 Å². The molecule has 0 saturated heterocycles. The molecule has 0 aliphatic heterocycles. The minimum Gasteiger partial charge on any atom is -0.477 e. The number of carboxylic acids is 1. The fourth-order valence-electron chi connectivity index (χ4n) is 1.62. The zero-order valence-corrected chi connectivity index (χ0v) is 10.9. The molecule has 0 amide bonds. The van der Waals surface area contributed by atoms with Crippen molar-refractivity contribution < 1.29 is 9.90 Å². The van der Waals surface area contributed by atoms with Gasteiger partial charge in [0.05, 0.1) is 0 Å². The molecule has 4 heteroatoms. The molecule has 1 heterocycles. The van der Waals surface area contributed by atoms with E-state index >= 15 is 0 Å². The van der Waals surface area contributed by atoms with E-state index in [-0.39, 0.29) is 0 Å². The van der Waals surface area contributed by atoms with Crippen LogP contribution in [0.2, 0.25) is 0 Å². The molecule has 0 spiro atoms. The maximum absolute atomic E-state index is 10.8. The van der Waals surface area contributed by atoms with Crippen LogP contribution < -0.4 is 5.32 Å². The highest BCUT2D eigenvalue weighted by Gasteiger charge is 2.11. The number of carbonyl (C=O) groups is 1. The molecule has 0 aliphatic carbocycles. The lowest BCUT2D eigenvalue weighted by atomic mass is 10.2. The summed E-state index contributed by atoms with van der Waals surface area (Å²) in [6, 6.07) is 2.26. The van der Waals surface area contributed by atoms with Gasteiger partial charge in [-0.3, -0.25) is 0 Å². The molecule has 1 rings (SSSR count). The van der Waals surface area contributed by atoms with Gasteiger partial charge in [0, 0.05) is 17.5 Å². The summed E-state index contributed by atoms with van der Waals surface area (Å²) >= 11 is 1.35. The molecule has 16 heavy (non-hydrogen) atoms. The van der Waals surface area contributed by atoms with Gasteiger partial charge in [0.25, 0.3) is 0 Å². The zero-order chi connectivity index (χ0) is 12.1. The minimum absolute atomic E-state index is 0.428. The van der Waals surface area contributed by atoms with Gasteiger partial charge in [0.2, 0.25) is 0 Å². The van der Waals surface area contributed by atoms with Crippen LogP contribution in [0.25, 0.3) is 0 Å². The molecule has 0 aliphatic rings. The average Bonchev–Trinajstić information content (AvgIpc) is 2.58. The highest BCUT2D eigenvalue weighted by atomic mass is 32.1. The van der Waals surface area contributed by atoms with Crippen LogP contribution in [0.5, 0.6) is 0 Å². The molecule has 0 saturated carbocycles. The minimum atomic E-state index is -0.832. The predicted molar refractivity (Wildman–Crippen MR) is 67.2 cm³/mol. The van der Waals surface area contributed by atoms with E-state index in [0.717, 1.165) is 29.8 Å². The van der Waals surface area contributed by atoms with Gasteiger partial charge < -0.3 is 10.4 Å². The van der Waals surface area contributed by atoms with Gasteiger partial charge in [0.1, 0.15) is 4.88 Å². The van der Waals surface area contributed by atoms with Crippen LogP contribution in [0, 0.1) is 6.92 Å². The van der Waals surface area contributed by atoms with Gasteiger partial charge in [-0.05, 0) is 31.9 Å². The van der Waals surface area contributed by atoms with Gasteiger partial charge in [-0.15, -0.1) is 11.3 Å². The Balaban J connectivity index is 2.57. The number of nitrogens with one attached hydrogen (secondary N) is 1. The molecule has 2 N–H and O–H groups in total. The Morgan fingerprint density at radius 3 is 2.81 bits per heavy atom. The van der Waals surface area contributed by atoms with Crippen LogP contribution in [0.4, 0.5) is 0 Å². The molecule has 1 atom stereocenters. The Bertz CT molecular complexity index is 360. The van der Waals surface area contributed by atoms with Crippen molar-refractivity contribution in [3.8, 4) is 0 Å². The van der Waals surface area contributed by atoms with Crippen molar-refractivity contribution in [1.82, 2.24) is 5.32 Å². The van der Waals surface area contributed by atoms with Crippen molar-refractivity contribution >= 4 is 17.3 Å². The third-order valence-electron chi connectivity index (χ3n) is 2.59. The zero-order valence-electron chi connectivity index (χ0n) is 10.0. The van der Waals surface area contributed by atoms with E-state index in [1.807, 2.05) is 6.92 Å². The second kappa shape index (κ2) is 6.01. The molecular formula is C12H19NO2S. The molecule has 0 radical (unpaired) electrons. The number of aromatic carboxylic acids is 1. The van der Waals surface area contributed by atoms with Crippen LogP contribution in [-0.2, 0) is 6.54 Å². The number of carboxylic acid groups (broad SMARTS) is 1. The lowest BCUT2D eigenvalue weighted by Crippen LogP contribution is -2.25. The van der Waals surface area contributed by atoms with E-state index in [1.165, 1.54) is 11.3 Å². The fourth-order valence-corrected chi connectivity index (χ4v) is 2.50. The van der Waals surface area contributed by atoms with Crippen molar-refractivity contribution in [1.29, 1.82) is 0 Å². The number of thiophene rings is 1. The Hall–Kier alpha value is -0.870. The monoisotopic (exact) mass is 241 g/mol. The van der Waals surface area contributed by atoms with Crippen molar-refractivity contribution in [3.05, 3.63) is 21.4 Å². The topological polar surface area (TPSA) is 49.3 Å². The van der Waals surface area contributed by atoms with Gasteiger partial charge >= 0.3 is 5.97 Å². The maximum atomic E-state index is 10.8. The molecular weight excluding hydrogens is 222 g/mol. The Kier molecular flexibility index (Phi) is 4.96. The summed E-state index contributed by atoms with van der Waals surface area (Å²) in [6.45, 7) is 7.05. The fraction of sp³-hybridized carbons (Fsp3) is 0.583. The first-order valence-electron chi connectivity index (χ1n) is 5.60. The van der Waals surface area contributed by atoms with E-state index in [2.05, 4.69) is 19.2 Å². The Labute approximate surface area is 100 Å². The third-order valence-corrected chi connectivity index (χ3v) is 3.67. The number of hydrogen-bond acceptors (Lipinski definition) is 3. The van der Waals surface area contributed by atoms with E-state index in [0.29, 0.717) is 10.9 Å². The van der Waals surface area contributed by atoms with Crippen molar-refractivity contribution in [2.75, 3.05) is 0 Å². The first-order chi connectivity index (χ1) is 7.54. The SMILES string of the molecule is CCCC(C)NCc1cc(C(=O)O)sc1C. The molecule has 0 bridgehead atoms. The van der Waals surface area contributed by atoms with Crippen LogP contribution in [0.3, 0.4) is 0 Å². The molecule has 1 unspecified atom stereocenters. The number of rotatable bonds is 6. The van der Waals surface area contributed by atoms with Crippen LogP contribution in [0.1, 0.15) is 46.8 Å². The largest absolute Gasteiger partial charge is 0.477 e. The first kappa shape index (κ1) is 13.2. The molecule has 3 nitrogen and oxygen atoms in total. The average molecular weight is 241 g/mol. The standard InChI is InChI=1S/C12H19NO2S/c1-4-5-8(2)13-7-10-6-11(12(14)15)16-9(10)3/h6,8,13H,4-5,7H2,1-3H3,(H,14,15). The molecule has 1 aromatic rings. The summed E-state index contributed by atoms with van der Waals surface area (Å²) in [5.74, 6) is -0.832. The lowest BCUT2D eigenvalue weighted by molar-refractivity contribution is 0.0702. The summed E-state index contributed by atoms with van der Waals surface area (Å²) in [6.07, 6.45) is 2.31. The second-order valence-electron chi connectivity index (χ2n) is 4.07. The summed E-state index contributed by atoms with van der Waals surface area (Å²) < 4.78 is 0. The lowest BCUT2D eigenvalue weighted by Gasteiger charge is -2.12.